The second-order valence-electron chi connectivity index (χ2n) is 4.88. The number of hydrazone groups is 1. The second-order valence-corrected chi connectivity index (χ2v) is 5.31. The predicted octanol–water partition coefficient (Wildman–Crippen LogP) is 5.75. The number of rotatable bonds is 3. The summed E-state index contributed by atoms with van der Waals surface area (Å²) in [6.07, 6.45) is 0. The van der Waals surface area contributed by atoms with Crippen molar-refractivity contribution >= 4 is 46.2 Å². The molecule has 3 aromatic rings. The number of halogens is 2. The Morgan fingerprint density at radius 2 is 1.59 bits per heavy atom. The number of hydrogen-bond donors (Lipinski definition) is 1. The number of fused-ring (bicyclic) bond motifs is 1. The van der Waals surface area contributed by atoms with E-state index in [2.05, 4.69) is 40.9 Å². The minimum absolute atomic E-state index is 0. The Morgan fingerprint density at radius 3 is 2.32 bits per heavy atom. The van der Waals surface area contributed by atoms with Crippen LogP contribution >= 0.6 is 24.0 Å². The molecule has 22 heavy (non-hydrogen) atoms. The molecule has 0 atom stereocenters. The molecule has 3 rings (SSSR count). The fourth-order valence-electron chi connectivity index (χ4n) is 2.15. The molecule has 0 spiro atoms. The summed E-state index contributed by atoms with van der Waals surface area (Å²) < 4.78 is 0. The molecule has 0 aliphatic carbocycles. The lowest BCUT2D eigenvalue weighted by atomic mass is 10.0. The summed E-state index contributed by atoms with van der Waals surface area (Å²) in [6, 6.07) is 22.1. The molecular formula is C18H16Cl2N2. The Bertz CT molecular complexity index is 796. The van der Waals surface area contributed by atoms with Gasteiger partial charge in [-0.05, 0) is 53.6 Å². The normalized spacial score (nSPS) is 11.1. The topological polar surface area (TPSA) is 24.4 Å². The van der Waals surface area contributed by atoms with Crippen molar-refractivity contribution in [1.29, 1.82) is 0 Å². The van der Waals surface area contributed by atoms with Gasteiger partial charge >= 0.3 is 0 Å². The quantitative estimate of drug-likeness (QED) is 0.479. The van der Waals surface area contributed by atoms with Crippen molar-refractivity contribution in [1.82, 2.24) is 0 Å². The van der Waals surface area contributed by atoms with Crippen LogP contribution in [-0.4, -0.2) is 5.71 Å². The molecule has 4 heteroatoms. The van der Waals surface area contributed by atoms with Crippen molar-refractivity contribution in [2.24, 2.45) is 5.10 Å². The Labute approximate surface area is 141 Å². The van der Waals surface area contributed by atoms with E-state index in [-0.39, 0.29) is 12.4 Å². The summed E-state index contributed by atoms with van der Waals surface area (Å²) in [5, 5.41) is 7.60. The molecular weight excluding hydrogens is 315 g/mol. The van der Waals surface area contributed by atoms with Gasteiger partial charge < -0.3 is 0 Å². The lowest BCUT2D eigenvalue weighted by Crippen LogP contribution is -1.99. The highest BCUT2D eigenvalue weighted by atomic mass is 35.5. The maximum absolute atomic E-state index is 5.86. The van der Waals surface area contributed by atoms with E-state index in [9.17, 15) is 0 Å². The number of nitrogens with zero attached hydrogens (tertiary/aromatic N) is 1. The molecule has 0 aromatic heterocycles. The summed E-state index contributed by atoms with van der Waals surface area (Å²) >= 11 is 5.86. The second kappa shape index (κ2) is 7.30. The van der Waals surface area contributed by atoms with Crippen LogP contribution in [0.1, 0.15) is 12.5 Å². The molecule has 112 valence electrons. The summed E-state index contributed by atoms with van der Waals surface area (Å²) in [4.78, 5) is 0. The Morgan fingerprint density at radius 1 is 0.909 bits per heavy atom. The number of nitrogens with one attached hydrogen (secondary N) is 1. The fraction of sp³-hybridized carbons (Fsp3) is 0.0556. The van der Waals surface area contributed by atoms with E-state index >= 15 is 0 Å². The molecule has 0 aliphatic rings. The molecule has 0 saturated carbocycles. The summed E-state index contributed by atoms with van der Waals surface area (Å²) in [5.74, 6) is 0. The molecule has 0 aliphatic heterocycles. The molecule has 0 heterocycles. The molecule has 0 amide bonds. The Kier molecular flexibility index (Phi) is 5.42. The number of benzene rings is 3. The van der Waals surface area contributed by atoms with E-state index in [1.54, 1.807) is 0 Å². The molecule has 0 radical (unpaired) electrons. The largest absolute Gasteiger partial charge is 0.278 e. The van der Waals surface area contributed by atoms with Crippen LogP contribution in [0.2, 0.25) is 5.02 Å². The van der Waals surface area contributed by atoms with Crippen LogP contribution in [0.15, 0.2) is 71.8 Å². The molecule has 1 N–H and O–H groups in total. The Balaban J connectivity index is 0.00000176. The predicted molar refractivity (Wildman–Crippen MR) is 98.5 cm³/mol. The van der Waals surface area contributed by atoms with Gasteiger partial charge in [-0.15, -0.1) is 12.4 Å². The minimum Gasteiger partial charge on any atom is -0.278 e. The zero-order chi connectivity index (χ0) is 14.7. The zero-order valence-electron chi connectivity index (χ0n) is 12.1. The van der Waals surface area contributed by atoms with Gasteiger partial charge in [-0.3, -0.25) is 5.43 Å². The van der Waals surface area contributed by atoms with Gasteiger partial charge in [-0.2, -0.15) is 5.10 Å². The highest BCUT2D eigenvalue weighted by molar-refractivity contribution is 6.30. The first-order chi connectivity index (χ1) is 10.2. The van der Waals surface area contributed by atoms with E-state index in [0.717, 1.165) is 22.0 Å². The first kappa shape index (κ1) is 16.3. The summed E-state index contributed by atoms with van der Waals surface area (Å²) in [6.45, 7) is 1.99. The molecule has 0 bridgehead atoms. The smallest absolute Gasteiger partial charge is 0.0648 e. The molecule has 0 saturated heterocycles. The van der Waals surface area contributed by atoms with E-state index in [4.69, 9.17) is 11.6 Å². The van der Waals surface area contributed by atoms with Crippen LogP contribution in [0.25, 0.3) is 10.8 Å². The van der Waals surface area contributed by atoms with Gasteiger partial charge in [0, 0.05) is 5.02 Å². The SMILES string of the molecule is CC(=NNc1ccc(Cl)cc1)c1ccc2ccccc2c1.Cl. The first-order valence-corrected chi connectivity index (χ1v) is 7.15. The minimum atomic E-state index is 0. The molecule has 0 unspecified atom stereocenters. The van der Waals surface area contributed by atoms with Crippen LogP contribution in [0.5, 0.6) is 0 Å². The van der Waals surface area contributed by atoms with Gasteiger partial charge in [0.15, 0.2) is 0 Å². The lowest BCUT2D eigenvalue weighted by molar-refractivity contribution is 1.32. The van der Waals surface area contributed by atoms with Gasteiger partial charge in [-0.1, -0.05) is 48.0 Å². The van der Waals surface area contributed by atoms with E-state index < -0.39 is 0 Å². The first-order valence-electron chi connectivity index (χ1n) is 6.77. The van der Waals surface area contributed by atoms with Gasteiger partial charge in [0.05, 0.1) is 11.4 Å². The molecule has 2 nitrogen and oxygen atoms in total. The standard InChI is InChI=1S/C18H15ClN2.ClH/c1-13(20-21-18-10-8-17(19)9-11-18)15-7-6-14-4-2-3-5-16(14)12-15;/h2-12,21H,1H3;1H. The van der Waals surface area contributed by atoms with Crippen LogP contribution in [-0.2, 0) is 0 Å². The number of anilines is 1. The van der Waals surface area contributed by atoms with Crippen LogP contribution < -0.4 is 5.43 Å². The van der Waals surface area contributed by atoms with Crippen molar-refractivity contribution in [3.05, 3.63) is 77.3 Å². The zero-order valence-corrected chi connectivity index (χ0v) is 13.7. The third-order valence-corrected chi connectivity index (χ3v) is 3.62. The average molecular weight is 331 g/mol. The van der Waals surface area contributed by atoms with Crippen molar-refractivity contribution in [2.45, 2.75) is 6.92 Å². The maximum atomic E-state index is 5.86. The van der Waals surface area contributed by atoms with Crippen molar-refractivity contribution in [3.63, 3.8) is 0 Å². The third-order valence-electron chi connectivity index (χ3n) is 3.36. The number of hydrogen-bond acceptors (Lipinski definition) is 2. The van der Waals surface area contributed by atoms with Gasteiger partial charge in [0.1, 0.15) is 0 Å². The van der Waals surface area contributed by atoms with E-state index in [0.29, 0.717) is 0 Å². The lowest BCUT2D eigenvalue weighted by Gasteiger charge is -2.05. The highest BCUT2D eigenvalue weighted by Gasteiger charge is 2.00. The van der Waals surface area contributed by atoms with Crippen LogP contribution in [0, 0.1) is 0 Å². The van der Waals surface area contributed by atoms with Crippen molar-refractivity contribution in [2.75, 3.05) is 5.43 Å². The van der Waals surface area contributed by atoms with Crippen molar-refractivity contribution in [3.8, 4) is 0 Å². The average Bonchev–Trinajstić information content (AvgIpc) is 2.53. The van der Waals surface area contributed by atoms with Gasteiger partial charge in [0.2, 0.25) is 0 Å². The summed E-state index contributed by atoms with van der Waals surface area (Å²) in [5.41, 5.74) is 6.01. The third kappa shape index (κ3) is 3.79. The van der Waals surface area contributed by atoms with Crippen molar-refractivity contribution < 1.29 is 0 Å². The Hall–Kier alpha value is -2.03. The van der Waals surface area contributed by atoms with Gasteiger partial charge in [0.25, 0.3) is 0 Å². The molecule has 0 fully saturated rings. The highest BCUT2D eigenvalue weighted by Crippen LogP contribution is 2.17. The maximum Gasteiger partial charge on any atom is 0.0648 e. The summed E-state index contributed by atoms with van der Waals surface area (Å²) in [7, 11) is 0. The molecule has 3 aromatic carbocycles. The fourth-order valence-corrected chi connectivity index (χ4v) is 2.28. The van der Waals surface area contributed by atoms with Gasteiger partial charge in [-0.25, -0.2) is 0 Å². The monoisotopic (exact) mass is 330 g/mol. The van der Waals surface area contributed by atoms with E-state index in [1.165, 1.54) is 10.8 Å². The van der Waals surface area contributed by atoms with Crippen LogP contribution in [0.3, 0.4) is 0 Å². The van der Waals surface area contributed by atoms with E-state index in [1.807, 2.05) is 43.3 Å². The van der Waals surface area contributed by atoms with Crippen LogP contribution in [0.4, 0.5) is 5.69 Å².